The summed E-state index contributed by atoms with van der Waals surface area (Å²) in [4.78, 5) is 14.7. The predicted molar refractivity (Wildman–Crippen MR) is 91.2 cm³/mol. The van der Waals surface area contributed by atoms with E-state index in [0.717, 1.165) is 33.3 Å². The molecule has 2 aromatic carbocycles. The molecule has 4 aromatic rings. The van der Waals surface area contributed by atoms with Crippen molar-refractivity contribution in [3.05, 3.63) is 54.7 Å². The molecule has 1 N–H and O–H groups in total. The number of nitrogens with zero attached hydrogens (tertiary/aromatic N) is 3. The molecule has 22 heavy (non-hydrogen) atoms. The van der Waals surface area contributed by atoms with Crippen LogP contribution in [0.3, 0.4) is 0 Å². The summed E-state index contributed by atoms with van der Waals surface area (Å²) in [5, 5.41) is 1.08. The number of hydrogen-bond donors (Lipinski definition) is 1. The second-order valence-corrected chi connectivity index (χ2v) is 5.56. The lowest BCUT2D eigenvalue weighted by Gasteiger charge is -2.11. The Morgan fingerprint density at radius 2 is 1.73 bits per heavy atom. The van der Waals surface area contributed by atoms with Crippen molar-refractivity contribution in [3.63, 3.8) is 0 Å². The monoisotopic (exact) mass is 288 g/mol. The van der Waals surface area contributed by atoms with Crippen LogP contribution in [-0.2, 0) is 0 Å². The molecule has 4 heteroatoms. The number of aromatic nitrogens is 3. The zero-order valence-corrected chi connectivity index (χ0v) is 12.5. The number of hydrogen-bond acceptors (Lipinski definition) is 3. The summed E-state index contributed by atoms with van der Waals surface area (Å²) in [5.74, 6) is 0.874. The number of anilines is 1. The Kier molecular flexibility index (Phi) is 2.82. The number of aromatic amines is 1. The maximum Gasteiger partial charge on any atom is 0.138 e. The number of fused-ring (bicyclic) bond motifs is 3. The van der Waals surface area contributed by atoms with Crippen molar-refractivity contribution in [1.29, 1.82) is 0 Å². The molecule has 0 amide bonds. The Balaban J connectivity index is 1.87. The second-order valence-electron chi connectivity index (χ2n) is 5.56. The molecule has 0 saturated heterocycles. The van der Waals surface area contributed by atoms with Crippen molar-refractivity contribution in [2.45, 2.75) is 0 Å². The van der Waals surface area contributed by atoms with Crippen molar-refractivity contribution in [3.8, 4) is 11.4 Å². The maximum absolute atomic E-state index is 4.78. The Morgan fingerprint density at radius 1 is 0.955 bits per heavy atom. The third kappa shape index (κ3) is 2.00. The van der Waals surface area contributed by atoms with E-state index in [0.29, 0.717) is 0 Å². The molecule has 0 spiro atoms. The molecule has 0 fully saturated rings. The van der Waals surface area contributed by atoms with Gasteiger partial charge in [0.25, 0.3) is 0 Å². The van der Waals surface area contributed by atoms with Gasteiger partial charge in [-0.15, -0.1) is 0 Å². The smallest absolute Gasteiger partial charge is 0.138 e. The molecule has 2 aromatic heterocycles. The van der Waals surface area contributed by atoms with Crippen molar-refractivity contribution < 1.29 is 0 Å². The van der Waals surface area contributed by atoms with Gasteiger partial charge in [-0.2, -0.15) is 0 Å². The summed E-state index contributed by atoms with van der Waals surface area (Å²) < 4.78 is 0. The van der Waals surface area contributed by atoms with Crippen molar-refractivity contribution in [1.82, 2.24) is 15.0 Å². The van der Waals surface area contributed by atoms with Gasteiger partial charge in [-0.3, -0.25) is 4.98 Å². The first-order chi connectivity index (χ1) is 10.7. The van der Waals surface area contributed by atoms with Gasteiger partial charge in [0.1, 0.15) is 5.82 Å². The van der Waals surface area contributed by atoms with Crippen LogP contribution in [0.2, 0.25) is 0 Å². The number of imidazole rings is 1. The van der Waals surface area contributed by atoms with E-state index in [4.69, 9.17) is 4.98 Å². The van der Waals surface area contributed by atoms with Crippen LogP contribution in [0.1, 0.15) is 0 Å². The lowest BCUT2D eigenvalue weighted by Crippen LogP contribution is -2.07. The van der Waals surface area contributed by atoms with Gasteiger partial charge < -0.3 is 9.88 Å². The first kappa shape index (κ1) is 12.8. The van der Waals surface area contributed by atoms with Gasteiger partial charge in [0, 0.05) is 30.7 Å². The quantitative estimate of drug-likeness (QED) is 0.609. The standard InChI is InChI=1S/C18H16N4/c1-22(2)13-9-7-12(8-10-13)18-20-16-11-19-15-6-4-3-5-14(15)17(16)21-18/h3-11H,1-2H3,(H,20,21). The van der Waals surface area contributed by atoms with E-state index in [1.165, 1.54) is 5.69 Å². The van der Waals surface area contributed by atoms with Gasteiger partial charge in [0.2, 0.25) is 0 Å². The predicted octanol–water partition coefficient (Wildman–Crippen LogP) is 3.84. The molecule has 0 bridgehead atoms. The number of benzene rings is 2. The van der Waals surface area contributed by atoms with E-state index in [2.05, 4.69) is 45.2 Å². The molecule has 4 nitrogen and oxygen atoms in total. The zero-order chi connectivity index (χ0) is 15.1. The van der Waals surface area contributed by atoms with Gasteiger partial charge >= 0.3 is 0 Å². The Hall–Kier alpha value is -2.88. The average Bonchev–Trinajstić information content (AvgIpc) is 2.99. The van der Waals surface area contributed by atoms with Crippen LogP contribution < -0.4 is 4.90 Å². The average molecular weight is 288 g/mol. The number of nitrogens with one attached hydrogen (secondary N) is 1. The molecule has 0 atom stereocenters. The molecule has 0 aliphatic rings. The Labute approximate surface area is 128 Å². The van der Waals surface area contributed by atoms with Gasteiger partial charge in [-0.1, -0.05) is 18.2 Å². The highest BCUT2D eigenvalue weighted by Crippen LogP contribution is 2.26. The SMILES string of the molecule is CN(C)c1ccc(-c2nc3c(cnc4ccccc43)[nH]2)cc1. The van der Waals surface area contributed by atoms with Crippen LogP contribution in [-0.4, -0.2) is 29.0 Å². The van der Waals surface area contributed by atoms with E-state index in [1.807, 2.05) is 38.5 Å². The maximum atomic E-state index is 4.78. The van der Waals surface area contributed by atoms with Crippen molar-refractivity contribution in [2.75, 3.05) is 19.0 Å². The van der Waals surface area contributed by atoms with Crippen LogP contribution in [0.15, 0.2) is 54.7 Å². The number of rotatable bonds is 2. The first-order valence-electron chi connectivity index (χ1n) is 7.23. The normalized spacial score (nSPS) is 11.2. The summed E-state index contributed by atoms with van der Waals surface area (Å²) in [5.41, 5.74) is 5.15. The van der Waals surface area contributed by atoms with Crippen LogP contribution in [0.25, 0.3) is 33.3 Å². The Bertz CT molecular complexity index is 952. The fraction of sp³-hybridized carbons (Fsp3) is 0.111. The van der Waals surface area contributed by atoms with Crippen LogP contribution in [0.5, 0.6) is 0 Å². The summed E-state index contributed by atoms with van der Waals surface area (Å²) in [6.07, 6.45) is 1.85. The van der Waals surface area contributed by atoms with Crippen molar-refractivity contribution >= 4 is 27.6 Å². The second kappa shape index (κ2) is 4.84. The highest BCUT2D eigenvalue weighted by Gasteiger charge is 2.09. The van der Waals surface area contributed by atoms with Gasteiger partial charge in [0.05, 0.1) is 22.7 Å². The largest absolute Gasteiger partial charge is 0.378 e. The van der Waals surface area contributed by atoms with Crippen LogP contribution in [0.4, 0.5) is 5.69 Å². The van der Waals surface area contributed by atoms with Crippen LogP contribution in [0, 0.1) is 0 Å². The number of H-pyrrole nitrogens is 1. The summed E-state index contributed by atoms with van der Waals surface area (Å²) >= 11 is 0. The molecular weight excluding hydrogens is 272 g/mol. The molecule has 0 radical (unpaired) electrons. The van der Waals surface area contributed by atoms with Gasteiger partial charge in [0.15, 0.2) is 0 Å². The highest BCUT2D eigenvalue weighted by molar-refractivity contribution is 6.02. The highest BCUT2D eigenvalue weighted by atomic mass is 15.1. The molecule has 0 aliphatic carbocycles. The van der Waals surface area contributed by atoms with E-state index in [1.54, 1.807) is 0 Å². The molecule has 2 heterocycles. The summed E-state index contributed by atoms with van der Waals surface area (Å²) in [6.45, 7) is 0. The lowest BCUT2D eigenvalue weighted by molar-refractivity contribution is 1.13. The molecule has 0 unspecified atom stereocenters. The topological polar surface area (TPSA) is 44.8 Å². The fourth-order valence-electron chi connectivity index (χ4n) is 2.66. The molecule has 108 valence electrons. The Morgan fingerprint density at radius 3 is 2.50 bits per heavy atom. The molecular formula is C18H16N4. The van der Waals surface area contributed by atoms with Gasteiger partial charge in [-0.25, -0.2) is 4.98 Å². The lowest BCUT2D eigenvalue weighted by atomic mass is 10.2. The third-order valence-electron chi connectivity index (χ3n) is 3.88. The summed E-state index contributed by atoms with van der Waals surface area (Å²) in [6, 6.07) is 16.4. The van der Waals surface area contributed by atoms with E-state index in [-0.39, 0.29) is 0 Å². The summed E-state index contributed by atoms with van der Waals surface area (Å²) in [7, 11) is 4.07. The number of para-hydroxylation sites is 1. The minimum absolute atomic E-state index is 0.874. The molecule has 0 aliphatic heterocycles. The third-order valence-corrected chi connectivity index (χ3v) is 3.88. The zero-order valence-electron chi connectivity index (χ0n) is 12.5. The molecule has 4 rings (SSSR count). The van der Waals surface area contributed by atoms with E-state index >= 15 is 0 Å². The van der Waals surface area contributed by atoms with Gasteiger partial charge in [-0.05, 0) is 30.3 Å². The number of pyridine rings is 1. The van der Waals surface area contributed by atoms with E-state index < -0.39 is 0 Å². The van der Waals surface area contributed by atoms with E-state index in [9.17, 15) is 0 Å². The fourth-order valence-corrected chi connectivity index (χ4v) is 2.66. The minimum Gasteiger partial charge on any atom is -0.378 e. The van der Waals surface area contributed by atoms with Crippen LogP contribution >= 0.6 is 0 Å². The van der Waals surface area contributed by atoms with Crippen molar-refractivity contribution in [2.24, 2.45) is 0 Å². The minimum atomic E-state index is 0.874. The first-order valence-corrected chi connectivity index (χ1v) is 7.23. The molecule has 0 saturated carbocycles.